The van der Waals surface area contributed by atoms with E-state index < -0.39 is 5.79 Å². The molecule has 2 aromatic rings. The molecule has 6 N–H and O–H groups in total. The molecule has 0 amide bonds. The third-order valence-corrected chi connectivity index (χ3v) is 3.61. The standard InChI is InChI=1S/C15H19N5/c1-10-2-3-13-12(8-10)11(9-18-13)4-6-15(17)19-7-5-14(16)20-15/h2-3,5,7-9,18-19H,4,6,17H2,1H3,(H2,16,20). The number of hydrogen-bond donors (Lipinski definition) is 4. The Morgan fingerprint density at radius 1 is 1.35 bits per heavy atom. The summed E-state index contributed by atoms with van der Waals surface area (Å²) in [6, 6.07) is 6.39. The lowest BCUT2D eigenvalue weighted by Crippen LogP contribution is -2.52. The largest absolute Gasteiger partial charge is 0.384 e. The minimum absolute atomic E-state index is 0.459. The molecule has 1 aliphatic rings. The molecule has 0 spiro atoms. The minimum atomic E-state index is -0.813. The summed E-state index contributed by atoms with van der Waals surface area (Å²) in [5, 5.41) is 4.31. The summed E-state index contributed by atoms with van der Waals surface area (Å²) < 4.78 is 0. The number of fused-ring (bicyclic) bond motifs is 1. The molecule has 2 heterocycles. The van der Waals surface area contributed by atoms with Gasteiger partial charge in [0, 0.05) is 29.7 Å². The van der Waals surface area contributed by atoms with E-state index in [1.54, 1.807) is 12.3 Å². The lowest BCUT2D eigenvalue weighted by molar-refractivity contribution is 0.364. The number of aromatic amines is 1. The van der Waals surface area contributed by atoms with Gasteiger partial charge in [-0.2, -0.15) is 0 Å². The maximum Gasteiger partial charge on any atom is 0.184 e. The van der Waals surface area contributed by atoms with Crippen LogP contribution >= 0.6 is 0 Å². The van der Waals surface area contributed by atoms with Gasteiger partial charge in [-0.15, -0.1) is 0 Å². The van der Waals surface area contributed by atoms with E-state index in [9.17, 15) is 0 Å². The van der Waals surface area contributed by atoms with Crippen LogP contribution in [0.1, 0.15) is 17.5 Å². The van der Waals surface area contributed by atoms with Gasteiger partial charge in [-0.05, 0) is 37.1 Å². The van der Waals surface area contributed by atoms with Crippen molar-refractivity contribution >= 4 is 16.7 Å². The van der Waals surface area contributed by atoms with E-state index in [1.165, 1.54) is 16.5 Å². The Labute approximate surface area is 117 Å². The van der Waals surface area contributed by atoms with Crippen LogP contribution in [0.25, 0.3) is 10.9 Å². The molecule has 0 fully saturated rings. The van der Waals surface area contributed by atoms with Gasteiger partial charge in [0.2, 0.25) is 0 Å². The van der Waals surface area contributed by atoms with Crippen molar-refractivity contribution in [1.29, 1.82) is 0 Å². The fourth-order valence-electron chi connectivity index (χ4n) is 2.52. The van der Waals surface area contributed by atoms with E-state index >= 15 is 0 Å². The fraction of sp³-hybridized carbons (Fsp3) is 0.267. The fourth-order valence-corrected chi connectivity index (χ4v) is 2.52. The molecular formula is C15H19N5. The number of hydrogen-bond acceptors (Lipinski definition) is 4. The third kappa shape index (κ3) is 2.40. The number of aromatic nitrogens is 1. The molecule has 1 aromatic heterocycles. The van der Waals surface area contributed by atoms with Gasteiger partial charge < -0.3 is 16.0 Å². The first-order valence-corrected chi connectivity index (χ1v) is 6.71. The quantitative estimate of drug-likeness (QED) is 0.680. The van der Waals surface area contributed by atoms with Crippen LogP contribution in [0.2, 0.25) is 0 Å². The molecule has 5 heteroatoms. The van der Waals surface area contributed by atoms with E-state index in [4.69, 9.17) is 11.5 Å². The number of benzene rings is 1. The molecule has 104 valence electrons. The predicted octanol–water partition coefficient (Wildman–Crippen LogP) is 1.50. The maximum absolute atomic E-state index is 6.20. The maximum atomic E-state index is 6.20. The highest BCUT2D eigenvalue weighted by Gasteiger charge is 2.24. The first kappa shape index (κ1) is 12.7. The van der Waals surface area contributed by atoms with Crippen LogP contribution in [0.15, 0.2) is 41.7 Å². The Hall–Kier alpha value is -2.27. The molecule has 0 saturated heterocycles. The monoisotopic (exact) mass is 269 g/mol. The van der Waals surface area contributed by atoms with Crippen molar-refractivity contribution in [2.75, 3.05) is 0 Å². The van der Waals surface area contributed by atoms with Crippen molar-refractivity contribution in [1.82, 2.24) is 10.3 Å². The number of aryl methyl sites for hydroxylation is 2. The topological polar surface area (TPSA) is 92.2 Å². The van der Waals surface area contributed by atoms with Crippen molar-refractivity contribution in [2.24, 2.45) is 16.5 Å². The van der Waals surface area contributed by atoms with Crippen LogP contribution in [0, 0.1) is 6.92 Å². The summed E-state index contributed by atoms with van der Waals surface area (Å²) in [5.41, 5.74) is 15.6. The lowest BCUT2D eigenvalue weighted by atomic mass is 10.0. The Balaban J connectivity index is 1.80. The average Bonchev–Trinajstić information content (AvgIpc) is 2.78. The first-order valence-electron chi connectivity index (χ1n) is 6.71. The zero-order chi connectivity index (χ0) is 14.2. The van der Waals surface area contributed by atoms with Crippen molar-refractivity contribution in [3.05, 3.63) is 47.8 Å². The molecular weight excluding hydrogens is 250 g/mol. The number of rotatable bonds is 3. The van der Waals surface area contributed by atoms with Gasteiger partial charge in [0.15, 0.2) is 5.79 Å². The molecule has 20 heavy (non-hydrogen) atoms. The average molecular weight is 269 g/mol. The molecule has 0 saturated carbocycles. The van der Waals surface area contributed by atoms with Gasteiger partial charge in [-0.25, -0.2) is 4.99 Å². The summed E-state index contributed by atoms with van der Waals surface area (Å²) in [5.74, 6) is -0.354. The lowest BCUT2D eigenvalue weighted by Gasteiger charge is -2.28. The van der Waals surface area contributed by atoms with Gasteiger partial charge in [-0.3, -0.25) is 5.73 Å². The smallest absolute Gasteiger partial charge is 0.184 e. The number of amidine groups is 1. The summed E-state index contributed by atoms with van der Waals surface area (Å²) in [6.07, 6.45) is 7.01. The van der Waals surface area contributed by atoms with E-state index in [1.807, 2.05) is 6.20 Å². The zero-order valence-corrected chi connectivity index (χ0v) is 11.5. The second-order valence-corrected chi connectivity index (χ2v) is 5.30. The van der Waals surface area contributed by atoms with Gasteiger partial charge in [0.1, 0.15) is 5.84 Å². The highest BCUT2D eigenvalue weighted by Crippen LogP contribution is 2.22. The molecule has 1 unspecified atom stereocenters. The second-order valence-electron chi connectivity index (χ2n) is 5.30. The number of aliphatic imine (C=N–C) groups is 1. The Bertz CT molecular complexity index is 697. The Kier molecular flexibility index (Phi) is 2.99. The molecule has 3 rings (SSSR count). The molecule has 0 radical (unpaired) electrons. The van der Waals surface area contributed by atoms with Gasteiger partial charge in [0.25, 0.3) is 0 Å². The Morgan fingerprint density at radius 2 is 2.20 bits per heavy atom. The van der Waals surface area contributed by atoms with Crippen molar-refractivity contribution in [3.8, 4) is 0 Å². The minimum Gasteiger partial charge on any atom is -0.384 e. The molecule has 5 nitrogen and oxygen atoms in total. The SMILES string of the molecule is Cc1ccc2[nH]cc(CCC3(N)N=C(N)C=CN3)c2c1. The third-order valence-electron chi connectivity index (χ3n) is 3.61. The van der Waals surface area contributed by atoms with E-state index in [-0.39, 0.29) is 0 Å². The highest BCUT2D eigenvalue weighted by molar-refractivity contribution is 5.92. The number of nitrogens with zero attached hydrogens (tertiary/aromatic N) is 1. The summed E-state index contributed by atoms with van der Waals surface area (Å²) in [6.45, 7) is 2.10. The van der Waals surface area contributed by atoms with E-state index in [2.05, 4.69) is 40.4 Å². The number of H-pyrrole nitrogens is 1. The predicted molar refractivity (Wildman–Crippen MR) is 82.2 cm³/mol. The summed E-state index contributed by atoms with van der Waals surface area (Å²) >= 11 is 0. The first-order chi connectivity index (χ1) is 9.56. The molecule has 1 aromatic carbocycles. The molecule has 0 bridgehead atoms. The van der Waals surface area contributed by atoms with Crippen LogP contribution in [0.4, 0.5) is 0 Å². The van der Waals surface area contributed by atoms with E-state index in [0.29, 0.717) is 12.3 Å². The van der Waals surface area contributed by atoms with Crippen molar-refractivity contribution in [3.63, 3.8) is 0 Å². The van der Waals surface area contributed by atoms with Crippen LogP contribution in [-0.4, -0.2) is 16.6 Å². The van der Waals surface area contributed by atoms with Crippen molar-refractivity contribution in [2.45, 2.75) is 25.6 Å². The van der Waals surface area contributed by atoms with Crippen molar-refractivity contribution < 1.29 is 0 Å². The van der Waals surface area contributed by atoms with Crippen LogP contribution in [-0.2, 0) is 6.42 Å². The molecule has 1 atom stereocenters. The van der Waals surface area contributed by atoms with Gasteiger partial charge >= 0.3 is 0 Å². The number of nitrogens with two attached hydrogens (primary N) is 2. The zero-order valence-electron chi connectivity index (χ0n) is 11.5. The summed E-state index contributed by atoms with van der Waals surface area (Å²) in [7, 11) is 0. The van der Waals surface area contributed by atoms with Gasteiger partial charge in [0.05, 0.1) is 0 Å². The van der Waals surface area contributed by atoms with Gasteiger partial charge in [-0.1, -0.05) is 11.6 Å². The van der Waals surface area contributed by atoms with Crippen LogP contribution in [0.5, 0.6) is 0 Å². The second kappa shape index (κ2) is 4.68. The Morgan fingerprint density at radius 3 is 3.00 bits per heavy atom. The van der Waals surface area contributed by atoms with E-state index in [0.717, 1.165) is 11.9 Å². The molecule has 0 aliphatic carbocycles. The molecule has 1 aliphatic heterocycles. The number of nitrogens with one attached hydrogen (secondary N) is 2. The normalized spacial score (nSPS) is 21.8. The van der Waals surface area contributed by atoms with Crippen LogP contribution in [0.3, 0.4) is 0 Å². The highest BCUT2D eigenvalue weighted by atomic mass is 15.3. The van der Waals surface area contributed by atoms with Crippen LogP contribution < -0.4 is 16.8 Å². The summed E-state index contributed by atoms with van der Waals surface area (Å²) in [4.78, 5) is 7.56.